The molecule has 3 heteroatoms. The summed E-state index contributed by atoms with van der Waals surface area (Å²) >= 11 is 0. The molecule has 0 bridgehead atoms. The van der Waals surface area contributed by atoms with E-state index in [1.807, 2.05) is 30.3 Å². The van der Waals surface area contributed by atoms with E-state index >= 15 is 0 Å². The Labute approximate surface area is 128 Å². The smallest absolute Gasteiger partial charge is 0.265 e. The summed E-state index contributed by atoms with van der Waals surface area (Å²) in [6.45, 7) is 0. The van der Waals surface area contributed by atoms with Crippen LogP contribution in [0.5, 0.6) is 0 Å². The fourth-order valence-corrected chi connectivity index (χ4v) is 2.89. The monoisotopic (exact) mass is 285 g/mol. The molecule has 1 amide bonds. The largest absolute Gasteiger partial charge is 0.296 e. The Kier molecular flexibility index (Phi) is 2.97. The van der Waals surface area contributed by atoms with Crippen molar-refractivity contribution in [2.75, 3.05) is 0 Å². The first-order valence-corrected chi connectivity index (χ1v) is 7.21. The van der Waals surface area contributed by atoms with Gasteiger partial charge in [-0.3, -0.25) is 4.79 Å². The molecular weight excluding hydrogens is 272 g/mol. The van der Waals surface area contributed by atoms with Crippen LogP contribution < -0.4 is 5.43 Å². The molecule has 4 rings (SSSR count). The highest BCUT2D eigenvalue weighted by Gasteiger charge is 2.21. The predicted molar refractivity (Wildman–Crippen MR) is 87.1 cm³/mol. The SMILES string of the molecule is O=C1[N]N=C(Cc2cccc3ccccc23)c2ccccc21. The second-order valence-corrected chi connectivity index (χ2v) is 5.31. The number of amides is 1. The minimum Gasteiger partial charge on any atom is -0.265 e. The molecule has 0 saturated heterocycles. The maximum Gasteiger partial charge on any atom is 0.296 e. The van der Waals surface area contributed by atoms with E-state index in [-0.39, 0.29) is 5.91 Å². The van der Waals surface area contributed by atoms with E-state index < -0.39 is 0 Å². The second-order valence-electron chi connectivity index (χ2n) is 5.31. The van der Waals surface area contributed by atoms with E-state index in [4.69, 9.17) is 0 Å². The number of hydrogen-bond acceptors (Lipinski definition) is 2. The highest BCUT2D eigenvalue weighted by molar-refractivity contribution is 6.14. The van der Waals surface area contributed by atoms with Crippen LogP contribution in [0.3, 0.4) is 0 Å². The van der Waals surface area contributed by atoms with E-state index in [1.54, 1.807) is 6.07 Å². The fourth-order valence-electron chi connectivity index (χ4n) is 2.89. The van der Waals surface area contributed by atoms with Crippen LogP contribution in [-0.4, -0.2) is 11.6 Å². The molecule has 1 radical (unpaired) electrons. The summed E-state index contributed by atoms with van der Waals surface area (Å²) in [5, 5.41) is 6.56. The van der Waals surface area contributed by atoms with Crippen molar-refractivity contribution in [2.24, 2.45) is 5.10 Å². The molecule has 3 nitrogen and oxygen atoms in total. The van der Waals surface area contributed by atoms with Crippen LogP contribution in [0.2, 0.25) is 0 Å². The van der Waals surface area contributed by atoms with Crippen molar-refractivity contribution in [1.82, 2.24) is 5.43 Å². The van der Waals surface area contributed by atoms with Gasteiger partial charge in [-0.15, -0.1) is 5.43 Å². The van der Waals surface area contributed by atoms with E-state index in [0.717, 1.165) is 11.3 Å². The van der Waals surface area contributed by atoms with Gasteiger partial charge >= 0.3 is 0 Å². The first-order valence-electron chi connectivity index (χ1n) is 7.21. The minimum absolute atomic E-state index is 0.266. The van der Waals surface area contributed by atoms with Crippen molar-refractivity contribution in [3.8, 4) is 0 Å². The topological polar surface area (TPSA) is 43.5 Å². The lowest BCUT2D eigenvalue weighted by atomic mass is 9.94. The maximum atomic E-state index is 11.8. The van der Waals surface area contributed by atoms with Gasteiger partial charge in [0.05, 0.1) is 11.3 Å². The zero-order valence-corrected chi connectivity index (χ0v) is 11.9. The zero-order chi connectivity index (χ0) is 14.9. The summed E-state index contributed by atoms with van der Waals surface area (Å²) in [6.07, 6.45) is 0.662. The van der Waals surface area contributed by atoms with E-state index in [1.165, 1.54) is 16.3 Å². The van der Waals surface area contributed by atoms with Gasteiger partial charge < -0.3 is 0 Å². The molecule has 0 fully saturated rings. The summed E-state index contributed by atoms with van der Waals surface area (Å²) < 4.78 is 0. The molecule has 0 N–H and O–H groups in total. The third kappa shape index (κ3) is 2.07. The van der Waals surface area contributed by atoms with Crippen molar-refractivity contribution in [3.63, 3.8) is 0 Å². The standard InChI is InChI=1S/C19H13N2O/c22-19-17-11-4-3-10-16(17)18(20-21-19)12-14-8-5-7-13-6-1-2-9-15(13)14/h1-11H,12H2. The lowest BCUT2D eigenvalue weighted by Gasteiger charge is -2.15. The van der Waals surface area contributed by atoms with Crippen LogP contribution in [0, 0.1) is 0 Å². The molecule has 0 unspecified atom stereocenters. The number of nitrogens with zero attached hydrogens (tertiary/aromatic N) is 2. The predicted octanol–water partition coefficient (Wildman–Crippen LogP) is 3.54. The van der Waals surface area contributed by atoms with Crippen LogP contribution in [0.4, 0.5) is 0 Å². The van der Waals surface area contributed by atoms with Crippen molar-refractivity contribution in [1.29, 1.82) is 0 Å². The summed E-state index contributed by atoms with van der Waals surface area (Å²) in [6, 6.07) is 22.1. The molecule has 1 aliphatic rings. The summed E-state index contributed by atoms with van der Waals surface area (Å²) in [5.74, 6) is -0.266. The van der Waals surface area contributed by atoms with Crippen molar-refractivity contribution in [2.45, 2.75) is 6.42 Å². The van der Waals surface area contributed by atoms with Gasteiger partial charge in [-0.25, -0.2) is 0 Å². The molecule has 1 aliphatic heterocycles. The molecule has 105 valence electrons. The maximum absolute atomic E-state index is 11.8. The number of carbonyl (C=O) groups excluding carboxylic acids is 1. The molecule has 0 atom stereocenters. The Morgan fingerprint density at radius 1 is 0.773 bits per heavy atom. The van der Waals surface area contributed by atoms with Crippen LogP contribution in [0.15, 0.2) is 71.8 Å². The van der Waals surface area contributed by atoms with Crippen molar-refractivity contribution in [3.05, 3.63) is 83.4 Å². The number of fused-ring (bicyclic) bond motifs is 2. The van der Waals surface area contributed by atoms with Gasteiger partial charge in [-0.2, -0.15) is 5.10 Å². The lowest BCUT2D eigenvalue weighted by molar-refractivity contribution is 0.0947. The summed E-state index contributed by atoms with van der Waals surface area (Å²) in [4.78, 5) is 11.8. The van der Waals surface area contributed by atoms with Gasteiger partial charge in [0.15, 0.2) is 0 Å². The molecule has 22 heavy (non-hydrogen) atoms. The van der Waals surface area contributed by atoms with Gasteiger partial charge in [-0.05, 0) is 22.4 Å². The normalized spacial score (nSPS) is 13.5. The molecule has 0 aromatic heterocycles. The highest BCUT2D eigenvalue weighted by atomic mass is 16.2. The fraction of sp³-hybridized carbons (Fsp3) is 0.0526. The van der Waals surface area contributed by atoms with Gasteiger partial charge in [0.2, 0.25) is 0 Å². The average Bonchev–Trinajstić information content (AvgIpc) is 2.58. The molecular formula is C19H13N2O. The van der Waals surface area contributed by atoms with E-state index in [2.05, 4.69) is 40.9 Å². The molecule has 3 aromatic carbocycles. The third-order valence-corrected chi connectivity index (χ3v) is 3.97. The summed E-state index contributed by atoms with van der Waals surface area (Å²) in [7, 11) is 0. The number of benzene rings is 3. The number of carbonyl (C=O) groups is 1. The molecule has 0 spiro atoms. The second kappa shape index (κ2) is 5.11. The van der Waals surface area contributed by atoms with Crippen LogP contribution in [0.25, 0.3) is 10.8 Å². The minimum atomic E-state index is -0.266. The first-order chi connectivity index (χ1) is 10.8. The number of rotatable bonds is 2. The summed E-state index contributed by atoms with van der Waals surface area (Å²) in [5.41, 5.74) is 7.33. The zero-order valence-electron chi connectivity index (χ0n) is 11.9. The third-order valence-electron chi connectivity index (χ3n) is 3.97. The Hall–Kier alpha value is -2.94. The lowest BCUT2D eigenvalue weighted by Crippen LogP contribution is -2.24. The Morgan fingerprint density at radius 3 is 2.41 bits per heavy atom. The van der Waals surface area contributed by atoms with Crippen molar-refractivity contribution >= 4 is 22.4 Å². The van der Waals surface area contributed by atoms with Crippen molar-refractivity contribution < 1.29 is 4.79 Å². The molecule has 1 heterocycles. The van der Waals surface area contributed by atoms with Gasteiger partial charge in [0.25, 0.3) is 5.91 Å². The van der Waals surface area contributed by atoms with Crippen LogP contribution >= 0.6 is 0 Å². The molecule has 3 aromatic rings. The van der Waals surface area contributed by atoms with Crippen LogP contribution in [-0.2, 0) is 6.42 Å². The Bertz CT molecular complexity index is 907. The molecule has 0 saturated carbocycles. The molecule has 0 aliphatic carbocycles. The van der Waals surface area contributed by atoms with E-state index in [9.17, 15) is 4.79 Å². The van der Waals surface area contributed by atoms with Gasteiger partial charge in [-0.1, -0.05) is 60.7 Å². The Balaban J connectivity index is 1.79. The van der Waals surface area contributed by atoms with Gasteiger partial charge in [0.1, 0.15) is 0 Å². The van der Waals surface area contributed by atoms with E-state index in [0.29, 0.717) is 12.0 Å². The quantitative estimate of drug-likeness (QED) is 0.710. The average molecular weight is 285 g/mol. The van der Waals surface area contributed by atoms with Gasteiger partial charge in [0, 0.05) is 12.0 Å². The number of hydrogen-bond donors (Lipinski definition) is 0. The Morgan fingerprint density at radius 2 is 1.50 bits per heavy atom. The highest BCUT2D eigenvalue weighted by Crippen LogP contribution is 2.22. The van der Waals surface area contributed by atoms with Crippen LogP contribution in [0.1, 0.15) is 21.5 Å². The first kappa shape index (κ1) is 12.8.